The molecule has 0 unspecified atom stereocenters. The van der Waals surface area contributed by atoms with E-state index in [-0.39, 0.29) is 36.5 Å². The van der Waals surface area contributed by atoms with E-state index >= 15 is 0 Å². The van der Waals surface area contributed by atoms with E-state index in [0.29, 0.717) is 11.3 Å². The molecule has 1 saturated heterocycles. The molecule has 2 amide bonds. The molecule has 0 bridgehead atoms. The van der Waals surface area contributed by atoms with Gasteiger partial charge in [-0.3, -0.25) is 9.59 Å². The average molecular weight is 441 g/mol. The first-order valence-electron chi connectivity index (χ1n) is 9.32. The van der Waals surface area contributed by atoms with Gasteiger partial charge >= 0.3 is 5.92 Å². The maximum absolute atomic E-state index is 14.9. The lowest BCUT2D eigenvalue weighted by Crippen LogP contribution is -2.47. The van der Waals surface area contributed by atoms with Crippen LogP contribution in [-0.4, -0.2) is 41.0 Å². The Morgan fingerprint density at radius 2 is 1.83 bits per heavy atom. The maximum atomic E-state index is 14.9. The molecule has 160 valence electrons. The summed E-state index contributed by atoms with van der Waals surface area (Å²) in [5.41, 5.74) is -0.292. The molecule has 0 aliphatic carbocycles. The number of carbonyl (C=O) groups is 2. The predicted molar refractivity (Wildman–Crippen MR) is 106 cm³/mol. The fourth-order valence-electron chi connectivity index (χ4n) is 3.22. The number of rotatable bonds is 4. The molecule has 9 heteroatoms. The Labute approximate surface area is 176 Å². The van der Waals surface area contributed by atoms with Crippen molar-refractivity contribution in [1.82, 2.24) is 4.90 Å². The third-order valence-electron chi connectivity index (χ3n) is 5.00. The Bertz CT molecular complexity index is 976. The molecule has 1 heterocycles. The summed E-state index contributed by atoms with van der Waals surface area (Å²) in [5, 5.41) is 11.7. The molecule has 1 aliphatic rings. The minimum Gasteiger partial charge on any atom is -0.393 e. The molecule has 1 fully saturated rings. The Hall–Kier alpha value is -2.58. The average Bonchev–Trinajstić information content (AvgIpc) is 2.71. The number of aliphatic hydroxyl groups is 1. The van der Waals surface area contributed by atoms with Gasteiger partial charge in [-0.2, -0.15) is 8.78 Å². The summed E-state index contributed by atoms with van der Waals surface area (Å²) in [6.45, 7) is 1.55. The number of amides is 2. The van der Waals surface area contributed by atoms with Gasteiger partial charge in [0.15, 0.2) is 0 Å². The first kappa shape index (κ1) is 22.1. The molecule has 0 atom stereocenters. The molecule has 3 rings (SSSR count). The standard InChI is InChI=1S/C21H20ClF3N2O3/c1-12-10-14(3-5-18(12)23)26-19(29)13-2-4-17(22)16(11-13)21(24,25)20(30)27-8-6-15(28)7-9-27/h2-5,10-11,15,28H,6-9H2,1H3,(H,26,29). The number of likely N-dealkylation sites (tertiary alicyclic amines) is 1. The first-order chi connectivity index (χ1) is 14.1. The van der Waals surface area contributed by atoms with Crippen molar-refractivity contribution in [2.24, 2.45) is 0 Å². The van der Waals surface area contributed by atoms with Crippen LogP contribution in [0.1, 0.15) is 34.3 Å². The second-order valence-corrected chi connectivity index (χ2v) is 7.62. The number of aryl methyl sites for hydroxylation is 1. The molecule has 30 heavy (non-hydrogen) atoms. The fraction of sp³-hybridized carbons (Fsp3) is 0.333. The van der Waals surface area contributed by atoms with Crippen molar-refractivity contribution in [1.29, 1.82) is 0 Å². The summed E-state index contributed by atoms with van der Waals surface area (Å²) in [5.74, 6) is -6.52. The lowest BCUT2D eigenvalue weighted by Gasteiger charge is -2.32. The van der Waals surface area contributed by atoms with E-state index in [1.165, 1.54) is 31.2 Å². The van der Waals surface area contributed by atoms with Crippen LogP contribution in [0.25, 0.3) is 0 Å². The number of halogens is 4. The van der Waals surface area contributed by atoms with Crippen molar-refractivity contribution in [3.8, 4) is 0 Å². The number of hydrogen-bond donors (Lipinski definition) is 2. The third-order valence-corrected chi connectivity index (χ3v) is 5.33. The Morgan fingerprint density at radius 1 is 1.17 bits per heavy atom. The third kappa shape index (κ3) is 4.60. The van der Waals surface area contributed by atoms with Crippen LogP contribution in [0.15, 0.2) is 36.4 Å². The van der Waals surface area contributed by atoms with E-state index in [0.717, 1.165) is 17.0 Å². The maximum Gasteiger partial charge on any atom is 0.351 e. The van der Waals surface area contributed by atoms with Crippen LogP contribution in [0.2, 0.25) is 5.02 Å². The highest BCUT2D eigenvalue weighted by atomic mass is 35.5. The molecule has 0 aromatic heterocycles. The van der Waals surface area contributed by atoms with E-state index in [2.05, 4.69) is 5.32 Å². The summed E-state index contributed by atoms with van der Waals surface area (Å²) < 4.78 is 43.3. The zero-order valence-corrected chi connectivity index (χ0v) is 16.8. The van der Waals surface area contributed by atoms with Crippen LogP contribution < -0.4 is 5.32 Å². The van der Waals surface area contributed by atoms with Crippen LogP contribution in [0.4, 0.5) is 18.9 Å². The largest absolute Gasteiger partial charge is 0.393 e. The van der Waals surface area contributed by atoms with Crippen molar-refractivity contribution in [3.05, 3.63) is 63.9 Å². The van der Waals surface area contributed by atoms with Crippen molar-refractivity contribution in [2.45, 2.75) is 31.8 Å². The van der Waals surface area contributed by atoms with Gasteiger partial charge in [0.1, 0.15) is 5.82 Å². The van der Waals surface area contributed by atoms with Gasteiger partial charge < -0.3 is 15.3 Å². The monoisotopic (exact) mass is 440 g/mol. The van der Waals surface area contributed by atoms with Gasteiger partial charge in [0.05, 0.1) is 16.7 Å². The topological polar surface area (TPSA) is 69.6 Å². The number of alkyl halides is 2. The lowest BCUT2D eigenvalue weighted by atomic mass is 10.0. The second kappa shape index (κ2) is 8.65. The van der Waals surface area contributed by atoms with Gasteiger partial charge in [0.2, 0.25) is 0 Å². The summed E-state index contributed by atoms with van der Waals surface area (Å²) in [7, 11) is 0. The van der Waals surface area contributed by atoms with Gasteiger partial charge in [0.25, 0.3) is 11.8 Å². The number of anilines is 1. The van der Waals surface area contributed by atoms with E-state index in [4.69, 9.17) is 11.6 Å². The highest BCUT2D eigenvalue weighted by molar-refractivity contribution is 6.32. The minimum atomic E-state index is -3.94. The van der Waals surface area contributed by atoms with E-state index < -0.39 is 35.2 Å². The van der Waals surface area contributed by atoms with Crippen molar-refractivity contribution in [3.63, 3.8) is 0 Å². The summed E-state index contributed by atoms with van der Waals surface area (Å²) in [6.07, 6.45) is -0.183. The highest BCUT2D eigenvalue weighted by Gasteiger charge is 2.46. The van der Waals surface area contributed by atoms with Crippen LogP contribution in [-0.2, 0) is 10.7 Å². The second-order valence-electron chi connectivity index (χ2n) is 7.21. The lowest BCUT2D eigenvalue weighted by molar-refractivity contribution is -0.161. The smallest absolute Gasteiger partial charge is 0.351 e. The van der Waals surface area contributed by atoms with Gasteiger partial charge in [-0.15, -0.1) is 0 Å². The Kier molecular flexibility index (Phi) is 6.38. The number of aliphatic hydroxyl groups excluding tert-OH is 1. The molecule has 5 nitrogen and oxygen atoms in total. The van der Waals surface area contributed by atoms with E-state index in [1.807, 2.05) is 0 Å². The van der Waals surface area contributed by atoms with Crippen molar-refractivity contribution in [2.75, 3.05) is 18.4 Å². The molecule has 2 N–H and O–H groups in total. The zero-order valence-electron chi connectivity index (χ0n) is 16.1. The van der Waals surface area contributed by atoms with Gasteiger partial charge in [-0.25, -0.2) is 4.39 Å². The number of piperidine rings is 1. The molecule has 0 radical (unpaired) electrons. The molecular formula is C21H20ClF3N2O3. The SMILES string of the molecule is Cc1cc(NC(=O)c2ccc(Cl)c(C(F)(F)C(=O)N3CCC(O)CC3)c2)ccc1F. The quantitative estimate of drug-likeness (QED) is 0.751. The Morgan fingerprint density at radius 3 is 2.47 bits per heavy atom. The van der Waals surface area contributed by atoms with Crippen LogP contribution in [0.3, 0.4) is 0 Å². The number of carbonyl (C=O) groups excluding carboxylic acids is 2. The predicted octanol–water partition coefficient (Wildman–Crippen LogP) is 4.11. The van der Waals surface area contributed by atoms with E-state index in [9.17, 15) is 27.9 Å². The summed E-state index contributed by atoms with van der Waals surface area (Å²) in [6, 6.07) is 7.20. The van der Waals surface area contributed by atoms with Gasteiger partial charge in [0, 0.05) is 24.3 Å². The first-order valence-corrected chi connectivity index (χ1v) is 9.70. The number of hydrogen-bond acceptors (Lipinski definition) is 3. The normalized spacial score (nSPS) is 15.2. The van der Waals surface area contributed by atoms with Crippen molar-refractivity contribution < 1.29 is 27.9 Å². The van der Waals surface area contributed by atoms with Crippen LogP contribution in [0, 0.1) is 12.7 Å². The highest BCUT2D eigenvalue weighted by Crippen LogP contribution is 2.36. The van der Waals surface area contributed by atoms with Crippen LogP contribution in [0.5, 0.6) is 0 Å². The number of nitrogens with one attached hydrogen (secondary N) is 1. The number of benzene rings is 2. The minimum absolute atomic E-state index is 0.0112. The fourth-order valence-corrected chi connectivity index (χ4v) is 3.45. The number of nitrogens with zero attached hydrogens (tertiary/aromatic N) is 1. The Balaban J connectivity index is 1.83. The van der Waals surface area contributed by atoms with Gasteiger partial charge in [-0.1, -0.05) is 11.6 Å². The van der Waals surface area contributed by atoms with Gasteiger partial charge in [-0.05, 0) is 61.7 Å². The van der Waals surface area contributed by atoms with E-state index in [1.54, 1.807) is 0 Å². The van der Waals surface area contributed by atoms with Crippen molar-refractivity contribution >= 4 is 29.1 Å². The molecular weight excluding hydrogens is 421 g/mol. The molecule has 2 aromatic carbocycles. The molecule has 0 saturated carbocycles. The zero-order chi connectivity index (χ0) is 22.1. The summed E-state index contributed by atoms with van der Waals surface area (Å²) in [4.78, 5) is 25.9. The molecule has 0 spiro atoms. The summed E-state index contributed by atoms with van der Waals surface area (Å²) >= 11 is 5.93. The molecule has 1 aliphatic heterocycles. The molecule has 2 aromatic rings. The van der Waals surface area contributed by atoms with Crippen LogP contribution >= 0.6 is 11.6 Å².